The molecule has 0 aliphatic carbocycles. The number of carbonyl (C=O) groups is 1. The maximum absolute atomic E-state index is 12.9. The molecular formula is C19H23ClN4O2. The van der Waals surface area contributed by atoms with Gasteiger partial charge in [-0.25, -0.2) is 0 Å². The van der Waals surface area contributed by atoms with E-state index in [-0.39, 0.29) is 12.5 Å². The number of ether oxygens (including phenoxy) is 1. The lowest BCUT2D eigenvalue weighted by Crippen LogP contribution is -2.36. The molecule has 26 heavy (non-hydrogen) atoms. The molecule has 0 saturated carbocycles. The summed E-state index contributed by atoms with van der Waals surface area (Å²) < 4.78 is 7.61. The fourth-order valence-corrected chi connectivity index (χ4v) is 3.92. The van der Waals surface area contributed by atoms with Gasteiger partial charge in [0.2, 0.25) is 5.91 Å². The van der Waals surface area contributed by atoms with Crippen molar-refractivity contribution in [1.82, 2.24) is 20.0 Å². The highest BCUT2D eigenvalue weighted by Gasteiger charge is 2.23. The Morgan fingerprint density at radius 3 is 3.15 bits per heavy atom. The van der Waals surface area contributed by atoms with E-state index in [1.807, 2.05) is 33.8 Å². The number of fused-ring (bicyclic) bond motifs is 1. The SMILES string of the molecule is O=C(Cn1nccc1[C@@H]1CCCNC1)N1CCOc2ccc(Cl)cc2C1. The highest BCUT2D eigenvalue weighted by molar-refractivity contribution is 6.30. The number of carbonyl (C=O) groups excluding carboxylic acids is 1. The van der Waals surface area contributed by atoms with Gasteiger partial charge in [-0.1, -0.05) is 11.6 Å². The predicted molar refractivity (Wildman–Crippen MR) is 99.4 cm³/mol. The molecule has 1 N–H and O–H groups in total. The number of nitrogens with one attached hydrogen (secondary N) is 1. The van der Waals surface area contributed by atoms with Crippen molar-refractivity contribution in [1.29, 1.82) is 0 Å². The number of piperidine rings is 1. The van der Waals surface area contributed by atoms with E-state index in [4.69, 9.17) is 16.3 Å². The van der Waals surface area contributed by atoms with Crippen LogP contribution in [-0.2, 0) is 17.9 Å². The van der Waals surface area contributed by atoms with E-state index in [2.05, 4.69) is 10.4 Å². The number of hydrogen-bond donors (Lipinski definition) is 1. The number of rotatable bonds is 3. The molecule has 0 bridgehead atoms. The summed E-state index contributed by atoms with van der Waals surface area (Å²) in [5.74, 6) is 1.28. The first-order chi connectivity index (χ1) is 12.7. The zero-order valence-corrected chi connectivity index (χ0v) is 15.4. The third kappa shape index (κ3) is 3.71. The summed E-state index contributed by atoms with van der Waals surface area (Å²) >= 11 is 6.10. The van der Waals surface area contributed by atoms with Crippen LogP contribution in [0.25, 0.3) is 0 Å². The third-order valence-corrected chi connectivity index (χ3v) is 5.34. The third-order valence-electron chi connectivity index (χ3n) is 5.10. The molecular weight excluding hydrogens is 352 g/mol. The Morgan fingerprint density at radius 2 is 2.31 bits per heavy atom. The van der Waals surface area contributed by atoms with Gasteiger partial charge in [-0.15, -0.1) is 0 Å². The molecule has 3 heterocycles. The summed E-state index contributed by atoms with van der Waals surface area (Å²) in [5, 5.41) is 8.48. The van der Waals surface area contributed by atoms with Crippen LogP contribution in [0.2, 0.25) is 5.02 Å². The molecule has 6 nitrogen and oxygen atoms in total. The van der Waals surface area contributed by atoms with E-state index in [9.17, 15) is 4.79 Å². The topological polar surface area (TPSA) is 59.4 Å². The maximum Gasteiger partial charge on any atom is 0.244 e. The number of amides is 1. The van der Waals surface area contributed by atoms with E-state index >= 15 is 0 Å². The Bertz CT molecular complexity index is 786. The van der Waals surface area contributed by atoms with Gasteiger partial charge in [-0.2, -0.15) is 5.10 Å². The summed E-state index contributed by atoms with van der Waals surface area (Å²) in [4.78, 5) is 14.7. The summed E-state index contributed by atoms with van der Waals surface area (Å²) in [6.07, 6.45) is 4.08. The van der Waals surface area contributed by atoms with Crippen LogP contribution in [0.3, 0.4) is 0 Å². The van der Waals surface area contributed by atoms with Crippen LogP contribution >= 0.6 is 11.6 Å². The minimum absolute atomic E-state index is 0.0511. The van der Waals surface area contributed by atoms with Crippen LogP contribution in [0.5, 0.6) is 5.75 Å². The van der Waals surface area contributed by atoms with Crippen LogP contribution in [0, 0.1) is 0 Å². The van der Waals surface area contributed by atoms with E-state index in [1.54, 1.807) is 6.20 Å². The van der Waals surface area contributed by atoms with Crippen LogP contribution in [0.15, 0.2) is 30.5 Å². The molecule has 0 unspecified atom stereocenters. The van der Waals surface area contributed by atoms with Gasteiger partial charge in [-0.3, -0.25) is 9.48 Å². The highest BCUT2D eigenvalue weighted by Crippen LogP contribution is 2.27. The van der Waals surface area contributed by atoms with Gasteiger partial charge in [0.1, 0.15) is 18.9 Å². The molecule has 1 fully saturated rings. The highest BCUT2D eigenvalue weighted by atomic mass is 35.5. The minimum atomic E-state index is 0.0511. The second-order valence-corrected chi connectivity index (χ2v) is 7.31. The smallest absolute Gasteiger partial charge is 0.244 e. The monoisotopic (exact) mass is 374 g/mol. The van der Waals surface area contributed by atoms with Gasteiger partial charge in [0.05, 0.1) is 6.54 Å². The molecule has 1 saturated heterocycles. The number of halogens is 1. The maximum atomic E-state index is 12.9. The summed E-state index contributed by atoms with van der Waals surface area (Å²) in [7, 11) is 0. The molecule has 2 aliphatic heterocycles. The number of aromatic nitrogens is 2. The minimum Gasteiger partial charge on any atom is -0.491 e. The molecule has 4 rings (SSSR count). The average Bonchev–Trinajstić information content (AvgIpc) is 3.00. The van der Waals surface area contributed by atoms with Crippen molar-refractivity contribution in [3.8, 4) is 5.75 Å². The van der Waals surface area contributed by atoms with Crippen molar-refractivity contribution in [2.24, 2.45) is 0 Å². The average molecular weight is 375 g/mol. The summed E-state index contributed by atoms with van der Waals surface area (Å²) in [5.41, 5.74) is 2.08. The molecule has 1 aromatic heterocycles. The van der Waals surface area contributed by atoms with Crippen molar-refractivity contribution < 1.29 is 9.53 Å². The van der Waals surface area contributed by atoms with Gasteiger partial charge in [0.25, 0.3) is 0 Å². The normalized spacial score (nSPS) is 20.2. The van der Waals surface area contributed by atoms with Crippen molar-refractivity contribution in [3.05, 3.63) is 46.7 Å². The Morgan fingerprint density at radius 1 is 1.38 bits per heavy atom. The Balaban J connectivity index is 1.48. The molecule has 1 amide bonds. The quantitative estimate of drug-likeness (QED) is 0.896. The molecule has 138 valence electrons. The van der Waals surface area contributed by atoms with Crippen molar-refractivity contribution in [2.45, 2.75) is 31.8 Å². The lowest BCUT2D eigenvalue weighted by Gasteiger charge is -2.25. The first-order valence-electron chi connectivity index (χ1n) is 9.12. The Labute approximate surface area is 158 Å². The standard InChI is InChI=1S/C19H23ClN4O2/c20-16-3-4-18-15(10-16)12-23(8-9-26-18)19(25)13-24-17(5-7-22-24)14-2-1-6-21-11-14/h3-5,7,10,14,21H,1-2,6,8-9,11-13H2/t14-/m1/s1. The predicted octanol–water partition coefficient (Wildman–Crippen LogP) is 2.42. The molecule has 2 aliphatic rings. The van der Waals surface area contributed by atoms with Crippen LogP contribution < -0.4 is 10.1 Å². The van der Waals surface area contributed by atoms with Gasteiger partial charge < -0.3 is 15.0 Å². The molecule has 0 radical (unpaired) electrons. The van der Waals surface area contributed by atoms with Crippen molar-refractivity contribution in [3.63, 3.8) is 0 Å². The summed E-state index contributed by atoms with van der Waals surface area (Å²) in [6.45, 7) is 3.83. The Kier molecular flexibility index (Phi) is 5.13. The lowest BCUT2D eigenvalue weighted by atomic mass is 9.96. The molecule has 1 atom stereocenters. The molecule has 1 aromatic carbocycles. The number of hydrogen-bond acceptors (Lipinski definition) is 4. The molecule has 7 heteroatoms. The van der Waals surface area contributed by atoms with Crippen LogP contribution in [0.4, 0.5) is 0 Å². The number of benzene rings is 1. The van der Waals surface area contributed by atoms with Gasteiger partial charge >= 0.3 is 0 Å². The molecule has 0 spiro atoms. The fraction of sp³-hybridized carbons (Fsp3) is 0.474. The molecule has 2 aromatic rings. The largest absolute Gasteiger partial charge is 0.491 e. The fourth-order valence-electron chi connectivity index (χ4n) is 3.73. The van der Waals surface area contributed by atoms with Gasteiger partial charge in [-0.05, 0) is 43.7 Å². The van der Waals surface area contributed by atoms with E-state index < -0.39 is 0 Å². The van der Waals surface area contributed by atoms with Crippen molar-refractivity contribution >= 4 is 17.5 Å². The number of nitrogens with zero attached hydrogens (tertiary/aromatic N) is 3. The van der Waals surface area contributed by atoms with Gasteiger partial charge in [0.15, 0.2) is 0 Å². The second kappa shape index (κ2) is 7.68. The lowest BCUT2D eigenvalue weighted by molar-refractivity contribution is -0.132. The second-order valence-electron chi connectivity index (χ2n) is 6.87. The first kappa shape index (κ1) is 17.4. The van der Waals surface area contributed by atoms with E-state index in [0.717, 1.165) is 42.9 Å². The van der Waals surface area contributed by atoms with Crippen molar-refractivity contribution in [2.75, 3.05) is 26.2 Å². The van der Waals surface area contributed by atoms with Crippen LogP contribution in [-0.4, -0.2) is 46.8 Å². The summed E-state index contributed by atoms with van der Waals surface area (Å²) in [6, 6.07) is 7.58. The van der Waals surface area contributed by atoms with Gasteiger partial charge in [0, 0.05) is 41.5 Å². The first-order valence-corrected chi connectivity index (χ1v) is 9.50. The van der Waals surface area contributed by atoms with E-state index in [0.29, 0.717) is 30.6 Å². The zero-order valence-electron chi connectivity index (χ0n) is 14.7. The van der Waals surface area contributed by atoms with Crippen LogP contribution in [0.1, 0.15) is 30.0 Å². The zero-order chi connectivity index (χ0) is 17.9. The Hall–Kier alpha value is -2.05. The van der Waals surface area contributed by atoms with E-state index in [1.165, 1.54) is 0 Å².